The normalized spacial score (nSPS) is 11.2. The number of nitrogens with one attached hydrogen (secondary N) is 2. The minimum absolute atomic E-state index is 0.155. The van der Waals surface area contributed by atoms with Crippen molar-refractivity contribution >= 4 is 17.3 Å². The van der Waals surface area contributed by atoms with E-state index in [4.69, 9.17) is 0 Å². The van der Waals surface area contributed by atoms with E-state index < -0.39 is 0 Å². The van der Waals surface area contributed by atoms with Gasteiger partial charge in [-0.1, -0.05) is 63.2 Å². The van der Waals surface area contributed by atoms with Crippen LogP contribution < -0.4 is 10.6 Å². The Bertz CT molecular complexity index is 805. The van der Waals surface area contributed by atoms with Crippen LogP contribution in [0.2, 0.25) is 0 Å². The molecule has 0 amide bonds. The van der Waals surface area contributed by atoms with E-state index in [2.05, 4.69) is 77.8 Å². The first-order valence-electron chi connectivity index (χ1n) is 8.48. The molecule has 4 heteroatoms. The molecule has 3 rings (SSSR count). The van der Waals surface area contributed by atoms with Crippen LogP contribution in [0.5, 0.6) is 0 Å². The predicted molar refractivity (Wildman–Crippen MR) is 104 cm³/mol. The van der Waals surface area contributed by atoms with Gasteiger partial charge in [0.25, 0.3) is 0 Å². The first-order valence-corrected chi connectivity index (χ1v) is 8.48. The molecule has 0 spiro atoms. The van der Waals surface area contributed by atoms with Crippen LogP contribution in [0.3, 0.4) is 0 Å². The summed E-state index contributed by atoms with van der Waals surface area (Å²) in [7, 11) is 0. The van der Waals surface area contributed by atoms with Gasteiger partial charge in [0.2, 0.25) is 0 Å². The maximum atomic E-state index is 4.30. The van der Waals surface area contributed by atoms with Crippen LogP contribution in [0.15, 0.2) is 67.0 Å². The first kappa shape index (κ1) is 17.0. The highest BCUT2D eigenvalue weighted by Gasteiger charge is 2.12. The van der Waals surface area contributed by atoms with Gasteiger partial charge >= 0.3 is 0 Å². The molecule has 25 heavy (non-hydrogen) atoms. The molecule has 0 unspecified atom stereocenters. The number of benzene rings is 2. The van der Waals surface area contributed by atoms with Gasteiger partial charge in [-0.05, 0) is 28.7 Å². The molecule has 1 heterocycles. The molecule has 0 radical (unpaired) electrons. The summed E-state index contributed by atoms with van der Waals surface area (Å²) in [5, 5.41) is 6.66. The lowest BCUT2D eigenvalue weighted by molar-refractivity contribution is 0.590. The Kier molecular flexibility index (Phi) is 4.98. The third-order valence-corrected chi connectivity index (χ3v) is 4.01. The van der Waals surface area contributed by atoms with Crippen molar-refractivity contribution in [1.29, 1.82) is 0 Å². The second-order valence-electron chi connectivity index (χ2n) is 7.08. The van der Waals surface area contributed by atoms with Gasteiger partial charge in [0.1, 0.15) is 18.0 Å². The van der Waals surface area contributed by atoms with Crippen molar-refractivity contribution in [1.82, 2.24) is 9.97 Å². The molecule has 2 aromatic carbocycles. The minimum Gasteiger partial charge on any atom is -0.366 e. The first-order chi connectivity index (χ1) is 12.0. The van der Waals surface area contributed by atoms with Crippen LogP contribution in [-0.2, 0) is 12.0 Å². The molecule has 0 bridgehead atoms. The van der Waals surface area contributed by atoms with E-state index in [1.807, 2.05) is 24.3 Å². The molecule has 0 aliphatic carbocycles. The Labute approximate surface area is 149 Å². The lowest BCUT2D eigenvalue weighted by Gasteiger charge is -2.19. The summed E-state index contributed by atoms with van der Waals surface area (Å²) in [6.07, 6.45) is 1.57. The summed E-state index contributed by atoms with van der Waals surface area (Å²) in [5.74, 6) is 1.57. The summed E-state index contributed by atoms with van der Waals surface area (Å²) in [6.45, 7) is 7.37. The molecule has 3 aromatic rings. The summed E-state index contributed by atoms with van der Waals surface area (Å²) in [5.41, 5.74) is 3.70. The molecule has 0 saturated heterocycles. The Morgan fingerprint density at radius 1 is 0.840 bits per heavy atom. The maximum Gasteiger partial charge on any atom is 0.135 e. The fourth-order valence-corrected chi connectivity index (χ4v) is 2.51. The lowest BCUT2D eigenvalue weighted by Crippen LogP contribution is -2.10. The number of anilines is 3. The van der Waals surface area contributed by atoms with Crippen molar-refractivity contribution in [3.05, 3.63) is 78.1 Å². The van der Waals surface area contributed by atoms with Gasteiger partial charge in [-0.3, -0.25) is 0 Å². The molecule has 0 atom stereocenters. The summed E-state index contributed by atoms with van der Waals surface area (Å²) in [6, 6.07) is 20.6. The average molecular weight is 332 g/mol. The van der Waals surface area contributed by atoms with E-state index >= 15 is 0 Å². The van der Waals surface area contributed by atoms with Gasteiger partial charge < -0.3 is 10.6 Å². The highest BCUT2D eigenvalue weighted by molar-refractivity contribution is 5.59. The number of hydrogen-bond acceptors (Lipinski definition) is 4. The number of rotatable bonds is 5. The van der Waals surface area contributed by atoms with Gasteiger partial charge in [0, 0.05) is 18.3 Å². The van der Waals surface area contributed by atoms with Crippen LogP contribution in [0.25, 0.3) is 0 Å². The zero-order chi connectivity index (χ0) is 17.7. The number of nitrogens with zero attached hydrogens (tertiary/aromatic N) is 2. The average Bonchev–Trinajstić information content (AvgIpc) is 2.61. The monoisotopic (exact) mass is 332 g/mol. The van der Waals surface area contributed by atoms with Crippen molar-refractivity contribution in [2.45, 2.75) is 32.7 Å². The van der Waals surface area contributed by atoms with E-state index in [-0.39, 0.29) is 5.41 Å². The lowest BCUT2D eigenvalue weighted by atomic mass is 9.87. The Morgan fingerprint density at radius 2 is 1.52 bits per heavy atom. The van der Waals surface area contributed by atoms with Crippen LogP contribution in [0.1, 0.15) is 31.9 Å². The fraction of sp³-hybridized carbons (Fsp3) is 0.238. The Morgan fingerprint density at radius 3 is 2.20 bits per heavy atom. The maximum absolute atomic E-state index is 4.30. The van der Waals surface area contributed by atoms with Crippen molar-refractivity contribution in [2.75, 3.05) is 10.6 Å². The van der Waals surface area contributed by atoms with Crippen molar-refractivity contribution in [2.24, 2.45) is 0 Å². The third-order valence-electron chi connectivity index (χ3n) is 4.01. The van der Waals surface area contributed by atoms with Gasteiger partial charge in [0.15, 0.2) is 0 Å². The fourth-order valence-electron chi connectivity index (χ4n) is 2.51. The topological polar surface area (TPSA) is 49.8 Å². The second kappa shape index (κ2) is 7.34. The van der Waals surface area contributed by atoms with E-state index in [0.717, 1.165) is 23.9 Å². The van der Waals surface area contributed by atoms with Crippen LogP contribution in [-0.4, -0.2) is 9.97 Å². The van der Waals surface area contributed by atoms with Gasteiger partial charge in [-0.25, -0.2) is 9.97 Å². The van der Waals surface area contributed by atoms with E-state index in [9.17, 15) is 0 Å². The highest BCUT2D eigenvalue weighted by Crippen LogP contribution is 2.24. The predicted octanol–water partition coefficient (Wildman–Crippen LogP) is 5.13. The van der Waals surface area contributed by atoms with Crippen molar-refractivity contribution in [3.63, 3.8) is 0 Å². The zero-order valence-electron chi connectivity index (χ0n) is 15.0. The number of hydrogen-bond donors (Lipinski definition) is 2. The molecule has 0 saturated carbocycles. The summed E-state index contributed by atoms with van der Waals surface area (Å²) < 4.78 is 0. The van der Waals surface area contributed by atoms with Crippen LogP contribution in [0, 0.1) is 0 Å². The van der Waals surface area contributed by atoms with Gasteiger partial charge in [-0.2, -0.15) is 0 Å². The minimum atomic E-state index is 0.155. The smallest absolute Gasteiger partial charge is 0.135 e. The standard InChI is InChI=1S/C21H24N4/c1-21(2,3)17-9-11-18(12-10-17)25-20-13-19(23-15-24-20)22-14-16-7-5-4-6-8-16/h4-13,15H,14H2,1-3H3,(H2,22,23,24,25). The molecule has 128 valence electrons. The van der Waals surface area contributed by atoms with E-state index in [0.29, 0.717) is 0 Å². The second-order valence-corrected chi connectivity index (χ2v) is 7.08. The molecule has 1 aromatic heterocycles. The highest BCUT2D eigenvalue weighted by atomic mass is 15.1. The molecule has 4 nitrogen and oxygen atoms in total. The molecule has 0 fully saturated rings. The third kappa shape index (κ3) is 4.80. The largest absolute Gasteiger partial charge is 0.366 e. The van der Waals surface area contributed by atoms with Crippen molar-refractivity contribution in [3.8, 4) is 0 Å². The zero-order valence-corrected chi connectivity index (χ0v) is 15.0. The van der Waals surface area contributed by atoms with Crippen LogP contribution >= 0.6 is 0 Å². The van der Waals surface area contributed by atoms with Gasteiger partial charge in [0.05, 0.1) is 0 Å². The van der Waals surface area contributed by atoms with E-state index in [1.165, 1.54) is 11.1 Å². The van der Waals surface area contributed by atoms with Gasteiger partial charge in [-0.15, -0.1) is 0 Å². The molecular weight excluding hydrogens is 308 g/mol. The van der Waals surface area contributed by atoms with Crippen LogP contribution in [0.4, 0.5) is 17.3 Å². The Balaban J connectivity index is 1.65. The molecule has 2 N–H and O–H groups in total. The Hall–Kier alpha value is -2.88. The van der Waals surface area contributed by atoms with E-state index in [1.54, 1.807) is 6.33 Å². The molecule has 0 aliphatic rings. The summed E-state index contributed by atoms with van der Waals surface area (Å²) >= 11 is 0. The SMILES string of the molecule is CC(C)(C)c1ccc(Nc2cc(NCc3ccccc3)ncn2)cc1. The summed E-state index contributed by atoms with van der Waals surface area (Å²) in [4.78, 5) is 8.58. The molecular formula is C21H24N4. The quantitative estimate of drug-likeness (QED) is 0.680. The molecule has 0 aliphatic heterocycles. The van der Waals surface area contributed by atoms with Crippen molar-refractivity contribution < 1.29 is 0 Å². The number of aromatic nitrogens is 2.